The molecule has 1 amide bonds. The van der Waals surface area contributed by atoms with Gasteiger partial charge in [-0.1, -0.05) is 0 Å². The molecular formula is C12H15N3O2. The van der Waals surface area contributed by atoms with E-state index in [1.807, 2.05) is 6.07 Å². The van der Waals surface area contributed by atoms with Crippen LogP contribution >= 0.6 is 0 Å². The molecule has 0 aliphatic rings. The Morgan fingerprint density at radius 3 is 2.88 bits per heavy atom. The van der Waals surface area contributed by atoms with E-state index in [9.17, 15) is 4.79 Å². The van der Waals surface area contributed by atoms with Crippen LogP contribution in [0.1, 0.15) is 17.3 Å². The minimum absolute atomic E-state index is 0.224. The Balaban J connectivity index is 2.73. The van der Waals surface area contributed by atoms with Gasteiger partial charge in [0.05, 0.1) is 24.7 Å². The number of nitrogens with zero attached hydrogens (tertiary/aromatic N) is 1. The van der Waals surface area contributed by atoms with Gasteiger partial charge >= 0.3 is 0 Å². The molecule has 0 fully saturated rings. The van der Waals surface area contributed by atoms with Crippen LogP contribution in [-0.4, -0.2) is 19.6 Å². The van der Waals surface area contributed by atoms with Gasteiger partial charge in [-0.05, 0) is 19.1 Å². The second kappa shape index (κ2) is 5.75. The van der Waals surface area contributed by atoms with E-state index in [-0.39, 0.29) is 11.8 Å². The Morgan fingerprint density at radius 1 is 1.65 bits per heavy atom. The maximum absolute atomic E-state index is 11.7. The molecule has 0 saturated carbocycles. The molecule has 0 saturated heterocycles. The highest BCUT2D eigenvalue weighted by Crippen LogP contribution is 2.19. The fourth-order valence-electron chi connectivity index (χ4n) is 1.26. The molecule has 0 heterocycles. The summed E-state index contributed by atoms with van der Waals surface area (Å²) in [6, 6.07) is 6.89. The van der Waals surface area contributed by atoms with Crippen molar-refractivity contribution >= 4 is 11.6 Å². The minimum atomic E-state index is -0.285. The molecule has 1 atom stereocenters. The van der Waals surface area contributed by atoms with E-state index in [4.69, 9.17) is 15.7 Å². The lowest BCUT2D eigenvalue weighted by atomic mass is 10.1. The average Bonchev–Trinajstić information content (AvgIpc) is 2.35. The number of hydrogen-bond donors (Lipinski definition) is 2. The van der Waals surface area contributed by atoms with Crippen molar-refractivity contribution in [2.75, 3.05) is 19.4 Å². The van der Waals surface area contributed by atoms with Crippen LogP contribution in [0.3, 0.4) is 0 Å². The number of carbonyl (C=O) groups is 1. The van der Waals surface area contributed by atoms with Gasteiger partial charge in [0.25, 0.3) is 5.91 Å². The van der Waals surface area contributed by atoms with E-state index in [1.165, 1.54) is 7.11 Å². The van der Waals surface area contributed by atoms with Gasteiger partial charge < -0.3 is 15.8 Å². The molecule has 90 valence electrons. The van der Waals surface area contributed by atoms with Gasteiger partial charge in [0.2, 0.25) is 0 Å². The molecule has 0 aromatic heterocycles. The Kier molecular flexibility index (Phi) is 4.35. The van der Waals surface area contributed by atoms with E-state index in [2.05, 4.69) is 5.32 Å². The van der Waals surface area contributed by atoms with Crippen LogP contribution in [0, 0.1) is 17.2 Å². The van der Waals surface area contributed by atoms with Crippen LogP contribution in [0.2, 0.25) is 0 Å². The Labute approximate surface area is 100 Å². The summed E-state index contributed by atoms with van der Waals surface area (Å²) >= 11 is 0. The number of carbonyl (C=O) groups excluding carboxylic acids is 1. The molecule has 0 aliphatic carbocycles. The smallest absolute Gasteiger partial charge is 0.253 e. The number of amides is 1. The fraction of sp³-hybridized carbons (Fsp3) is 0.333. The molecule has 0 spiro atoms. The van der Waals surface area contributed by atoms with Gasteiger partial charge in [-0.3, -0.25) is 4.79 Å². The van der Waals surface area contributed by atoms with Crippen LogP contribution in [0.25, 0.3) is 0 Å². The van der Waals surface area contributed by atoms with Crippen LogP contribution in [0.5, 0.6) is 5.75 Å². The number of hydrogen-bond acceptors (Lipinski definition) is 4. The summed E-state index contributed by atoms with van der Waals surface area (Å²) in [4.78, 5) is 11.7. The van der Waals surface area contributed by atoms with Crippen LogP contribution in [-0.2, 0) is 0 Å². The first-order chi connectivity index (χ1) is 8.08. The van der Waals surface area contributed by atoms with Gasteiger partial charge in [0.15, 0.2) is 0 Å². The maximum Gasteiger partial charge on any atom is 0.253 e. The number of nitrogens with two attached hydrogens (primary N) is 1. The van der Waals surface area contributed by atoms with Crippen LogP contribution in [0.15, 0.2) is 18.2 Å². The number of nitriles is 1. The van der Waals surface area contributed by atoms with Crippen molar-refractivity contribution < 1.29 is 9.53 Å². The highest BCUT2D eigenvalue weighted by molar-refractivity contribution is 5.99. The van der Waals surface area contributed by atoms with E-state index in [0.29, 0.717) is 23.5 Å². The van der Waals surface area contributed by atoms with Crippen molar-refractivity contribution in [3.8, 4) is 11.8 Å². The zero-order valence-corrected chi connectivity index (χ0v) is 9.86. The van der Waals surface area contributed by atoms with Crippen molar-refractivity contribution in [2.24, 2.45) is 5.92 Å². The molecule has 0 aliphatic heterocycles. The molecule has 1 rings (SSSR count). The molecule has 17 heavy (non-hydrogen) atoms. The first-order valence-corrected chi connectivity index (χ1v) is 5.19. The van der Waals surface area contributed by atoms with E-state index in [0.717, 1.165) is 0 Å². The number of nitrogens with one attached hydrogen (secondary N) is 1. The van der Waals surface area contributed by atoms with Crippen LogP contribution < -0.4 is 15.8 Å². The summed E-state index contributed by atoms with van der Waals surface area (Å²) in [5.74, 6) is 0.0927. The first kappa shape index (κ1) is 12.8. The Hall–Kier alpha value is -2.22. The lowest BCUT2D eigenvalue weighted by molar-refractivity contribution is 0.0951. The van der Waals surface area contributed by atoms with E-state index >= 15 is 0 Å². The van der Waals surface area contributed by atoms with E-state index in [1.54, 1.807) is 25.1 Å². The zero-order valence-electron chi connectivity index (χ0n) is 9.86. The van der Waals surface area contributed by atoms with Gasteiger partial charge in [-0.25, -0.2) is 0 Å². The molecule has 0 radical (unpaired) electrons. The third-order valence-corrected chi connectivity index (χ3v) is 2.29. The highest BCUT2D eigenvalue weighted by Gasteiger charge is 2.11. The minimum Gasteiger partial charge on any atom is -0.497 e. The number of methoxy groups -OCH3 is 1. The van der Waals surface area contributed by atoms with Crippen molar-refractivity contribution in [2.45, 2.75) is 6.92 Å². The lowest BCUT2D eigenvalue weighted by Gasteiger charge is -2.09. The normalized spacial score (nSPS) is 11.4. The van der Waals surface area contributed by atoms with Crippen molar-refractivity contribution in [3.63, 3.8) is 0 Å². The number of anilines is 1. The topological polar surface area (TPSA) is 88.1 Å². The summed E-state index contributed by atoms with van der Waals surface area (Å²) in [5, 5.41) is 11.2. The lowest BCUT2D eigenvalue weighted by Crippen LogP contribution is -2.28. The molecular weight excluding hydrogens is 218 g/mol. The van der Waals surface area contributed by atoms with Crippen molar-refractivity contribution in [3.05, 3.63) is 23.8 Å². The molecule has 5 nitrogen and oxygen atoms in total. The predicted octanol–water partition coefficient (Wildman–Crippen LogP) is 1.17. The quantitative estimate of drug-likeness (QED) is 0.764. The van der Waals surface area contributed by atoms with Gasteiger partial charge in [0.1, 0.15) is 5.75 Å². The third-order valence-electron chi connectivity index (χ3n) is 2.29. The van der Waals surface area contributed by atoms with Gasteiger partial charge in [0, 0.05) is 18.3 Å². The number of benzene rings is 1. The SMILES string of the molecule is COc1ccc(C(=O)NCC(C)C#N)c(N)c1. The number of rotatable bonds is 4. The number of nitrogen functional groups attached to an aromatic ring is 1. The maximum atomic E-state index is 11.7. The van der Waals surface area contributed by atoms with Gasteiger partial charge in [-0.15, -0.1) is 0 Å². The fourth-order valence-corrected chi connectivity index (χ4v) is 1.26. The largest absolute Gasteiger partial charge is 0.497 e. The monoisotopic (exact) mass is 233 g/mol. The summed E-state index contributed by atoms with van der Waals surface area (Å²) < 4.78 is 4.99. The van der Waals surface area contributed by atoms with Crippen molar-refractivity contribution in [1.29, 1.82) is 5.26 Å². The molecule has 5 heteroatoms. The third kappa shape index (κ3) is 3.38. The number of ether oxygens (including phenoxy) is 1. The first-order valence-electron chi connectivity index (χ1n) is 5.19. The molecule has 1 unspecified atom stereocenters. The summed E-state index contributed by atoms with van der Waals surface area (Å²) in [6.45, 7) is 2.04. The Morgan fingerprint density at radius 2 is 2.35 bits per heavy atom. The van der Waals surface area contributed by atoms with E-state index < -0.39 is 0 Å². The average molecular weight is 233 g/mol. The zero-order chi connectivity index (χ0) is 12.8. The summed E-state index contributed by atoms with van der Waals surface area (Å²) in [5.41, 5.74) is 6.47. The predicted molar refractivity (Wildman–Crippen MR) is 64.5 cm³/mol. The molecule has 1 aromatic carbocycles. The van der Waals surface area contributed by atoms with Gasteiger partial charge in [-0.2, -0.15) is 5.26 Å². The standard InChI is InChI=1S/C12H15N3O2/c1-8(6-13)7-15-12(16)10-4-3-9(17-2)5-11(10)14/h3-5,8H,7,14H2,1-2H3,(H,15,16). The summed E-state index contributed by atoms with van der Waals surface area (Å²) in [7, 11) is 1.53. The summed E-state index contributed by atoms with van der Waals surface area (Å²) in [6.07, 6.45) is 0. The second-order valence-electron chi connectivity index (χ2n) is 3.69. The molecule has 0 bridgehead atoms. The molecule has 3 N–H and O–H groups in total. The second-order valence-corrected chi connectivity index (χ2v) is 3.69. The van der Waals surface area contributed by atoms with Crippen LogP contribution in [0.4, 0.5) is 5.69 Å². The molecule has 1 aromatic rings. The highest BCUT2D eigenvalue weighted by atomic mass is 16.5. The van der Waals surface area contributed by atoms with Crippen molar-refractivity contribution in [1.82, 2.24) is 5.32 Å². The Bertz CT molecular complexity index is 452.